The zero-order valence-corrected chi connectivity index (χ0v) is 20.9. The van der Waals surface area contributed by atoms with Gasteiger partial charge in [-0.2, -0.15) is 0 Å². The maximum Gasteiger partial charge on any atom is 0.342 e. The Labute approximate surface area is 215 Å². The number of rotatable bonds is 8. The number of carbonyl (C=O) groups is 2. The second-order valence-corrected chi connectivity index (χ2v) is 9.35. The lowest BCUT2D eigenvalue weighted by Crippen LogP contribution is -2.21. The quantitative estimate of drug-likeness (QED) is 0.188. The number of nitrogens with one attached hydrogen (secondary N) is 1. The largest absolute Gasteiger partial charge is 0.507 e. The highest BCUT2D eigenvalue weighted by atomic mass is 16.5. The van der Waals surface area contributed by atoms with Crippen LogP contribution in [0.5, 0.6) is 23.0 Å². The molecule has 0 saturated heterocycles. The van der Waals surface area contributed by atoms with E-state index in [9.17, 15) is 19.8 Å². The molecule has 4 aromatic rings. The van der Waals surface area contributed by atoms with E-state index in [-0.39, 0.29) is 22.5 Å². The third kappa shape index (κ3) is 5.83. The summed E-state index contributed by atoms with van der Waals surface area (Å²) in [5, 5.41) is 23.9. The van der Waals surface area contributed by atoms with Crippen molar-refractivity contribution in [3.8, 4) is 23.0 Å². The van der Waals surface area contributed by atoms with Crippen molar-refractivity contribution in [2.45, 2.75) is 32.6 Å². The van der Waals surface area contributed by atoms with Crippen LogP contribution in [0, 0.1) is 0 Å². The van der Waals surface area contributed by atoms with Crippen LogP contribution in [0.3, 0.4) is 0 Å². The van der Waals surface area contributed by atoms with Gasteiger partial charge in [-0.25, -0.2) is 4.79 Å². The zero-order valence-electron chi connectivity index (χ0n) is 20.9. The first-order chi connectivity index (χ1) is 17.7. The summed E-state index contributed by atoms with van der Waals surface area (Å²) in [5.41, 5.74) is 1.62. The molecule has 0 bridgehead atoms. The first-order valence-corrected chi connectivity index (χ1v) is 12.0. The molecule has 0 radical (unpaired) electrons. The van der Waals surface area contributed by atoms with Gasteiger partial charge in [-0.1, -0.05) is 57.2 Å². The number of hydrogen-bond donors (Lipinski definition) is 3. The highest BCUT2D eigenvalue weighted by molar-refractivity contribution is 6.04. The Morgan fingerprint density at radius 1 is 0.865 bits per heavy atom. The van der Waals surface area contributed by atoms with E-state index < -0.39 is 18.5 Å². The number of amides is 1. The molecule has 0 aromatic heterocycles. The van der Waals surface area contributed by atoms with Gasteiger partial charge in [-0.3, -0.25) is 4.79 Å². The van der Waals surface area contributed by atoms with Gasteiger partial charge in [0.1, 0.15) is 28.6 Å². The number of fused-ring (bicyclic) bond motifs is 1. The Balaban J connectivity index is 1.32. The first kappa shape index (κ1) is 25.6. The van der Waals surface area contributed by atoms with E-state index in [1.165, 1.54) is 5.56 Å². The van der Waals surface area contributed by atoms with Gasteiger partial charge in [0, 0.05) is 16.5 Å². The molecule has 0 heterocycles. The van der Waals surface area contributed by atoms with Crippen LogP contribution in [0.15, 0.2) is 78.9 Å². The van der Waals surface area contributed by atoms with Gasteiger partial charge >= 0.3 is 5.97 Å². The number of benzene rings is 4. The van der Waals surface area contributed by atoms with Crippen molar-refractivity contribution in [2.24, 2.45) is 0 Å². The number of hydrogen-bond acceptors (Lipinski definition) is 6. The van der Waals surface area contributed by atoms with E-state index in [2.05, 4.69) is 38.2 Å². The van der Waals surface area contributed by atoms with E-state index >= 15 is 0 Å². The zero-order chi connectivity index (χ0) is 26.6. The maximum atomic E-state index is 12.4. The molecule has 37 heavy (non-hydrogen) atoms. The molecule has 4 aromatic carbocycles. The van der Waals surface area contributed by atoms with Gasteiger partial charge in [0.25, 0.3) is 5.91 Å². The fourth-order valence-electron chi connectivity index (χ4n) is 3.82. The van der Waals surface area contributed by atoms with Crippen LogP contribution < -0.4 is 10.1 Å². The van der Waals surface area contributed by atoms with Crippen LogP contribution in [0.1, 0.15) is 43.1 Å². The molecule has 0 fully saturated rings. The lowest BCUT2D eigenvalue weighted by molar-refractivity contribution is -0.119. The Morgan fingerprint density at radius 2 is 1.46 bits per heavy atom. The molecule has 0 atom stereocenters. The minimum absolute atomic E-state index is 0.102. The highest BCUT2D eigenvalue weighted by Crippen LogP contribution is 2.35. The third-order valence-corrected chi connectivity index (χ3v) is 6.44. The minimum atomic E-state index is -0.925. The molecule has 0 saturated carbocycles. The summed E-state index contributed by atoms with van der Waals surface area (Å²) in [6.07, 6.45) is 1.04. The van der Waals surface area contributed by atoms with E-state index in [1.807, 2.05) is 12.1 Å². The average molecular weight is 500 g/mol. The SMILES string of the molecule is CCC(C)(C)c1ccc(Oc2ccc(NC(=O)COC(=O)c3cc(O)c4ccccc4c3O)cc2)cc1. The lowest BCUT2D eigenvalue weighted by Gasteiger charge is -2.23. The number of ether oxygens (including phenoxy) is 2. The number of phenols is 2. The summed E-state index contributed by atoms with van der Waals surface area (Å²) < 4.78 is 10.9. The lowest BCUT2D eigenvalue weighted by atomic mass is 9.82. The van der Waals surface area contributed by atoms with Crippen molar-refractivity contribution in [2.75, 3.05) is 11.9 Å². The molecule has 3 N–H and O–H groups in total. The molecular weight excluding hydrogens is 470 g/mol. The second-order valence-electron chi connectivity index (χ2n) is 9.35. The molecule has 0 spiro atoms. The van der Waals surface area contributed by atoms with Crippen molar-refractivity contribution in [3.05, 3.63) is 90.0 Å². The van der Waals surface area contributed by atoms with Crippen LogP contribution >= 0.6 is 0 Å². The first-order valence-electron chi connectivity index (χ1n) is 12.0. The molecule has 0 aliphatic rings. The summed E-state index contributed by atoms with van der Waals surface area (Å²) in [4.78, 5) is 24.7. The van der Waals surface area contributed by atoms with Gasteiger partial charge in [-0.05, 0) is 59.9 Å². The second kappa shape index (κ2) is 10.6. The van der Waals surface area contributed by atoms with Gasteiger partial charge in [0.15, 0.2) is 6.61 Å². The summed E-state index contributed by atoms with van der Waals surface area (Å²) in [6.45, 7) is 6.00. The van der Waals surface area contributed by atoms with E-state index in [0.29, 0.717) is 28.0 Å². The van der Waals surface area contributed by atoms with Crippen molar-refractivity contribution >= 4 is 28.3 Å². The minimum Gasteiger partial charge on any atom is -0.507 e. The molecule has 0 aliphatic heterocycles. The molecule has 1 amide bonds. The molecular formula is C30H29NO6. The molecule has 0 aliphatic carbocycles. The maximum absolute atomic E-state index is 12.4. The fraction of sp³-hybridized carbons (Fsp3) is 0.200. The molecule has 7 heteroatoms. The van der Waals surface area contributed by atoms with Crippen LogP contribution in [-0.2, 0) is 14.9 Å². The Morgan fingerprint density at radius 3 is 2.08 bits per heavy atom. The predicted molar refractivity (Wildman–Crippen MR) is 142 cm³/mol. The summed E-state index contributed by atoms with van der Waals surface area (Å²) in [6, 6.07) is 22.5. The predicted octanol–water partition coefficient (Wildman–Crippen LogP) is 6.53. The molecule has 4 rings (SSSR count). The third-order valence-electron chi connectivity index (χ3n) is 6.44. The summed E-state index contributed by atoms with van der Waals surface area (Å²) >= 11 is 0. The number of anilines is 1. The summed E-state index contributed by atoms with van der Waals surface area (Å²) in [5.74, 6) is -0.654. The number of carbonyl (C=O) groups excluding carboxylic acids is 2. The monoisotopic (exact) mass is 499 g/mol. The number of aromatic hydroxyl groups is 2. The average Bonchev–Trinajstić information content (AvgIpc) is 2.91. The van der Waals surface area contributed by atoms with E-state index in [0.717, 1.165) is 12.5 Å². The van der Waals surface area contributed by atoms with Crippen LogP contribution in [0.4, 0.5) is 5.69 Å². The van der Waals surface area contributed by atoms with Crippen LogP contribution in [0.25, 0.3) is 10.8 Å². The van der Waals surface area contributed by atoms with E-state index in [1.54, 1.807) is 48.5 Å². The van der Waals surface area contributed by atoms with E-state index in [4.69, 9.17) is 9.47 Å². The standard InChI is InChI=1S/C30H29NO6/c1-4-30(2,3)19-9-13-21(14-10-19)37-22-15-11-20(12-16-22)31-27(33)18-36-29(35)25-17-26(32)23-7-5-6-8-24(23)28(25)34/h5-17,32,34H,4,18H2,1-3H3,(H,31,33). The van der Waals surface area contributed by atoms with Gasteiger partial charge in [0.2, 0.25) is 0 Å². The highest BCUT2D eigenvalue weighted by Gasteiger charge is 2.20. The topological polar surface area (TPSA) is 105 Å². The van der Waals surface area contributed by atoms with Crippen LogP contribution in [0.2, 0.25) is 0 Å². The molecule has 7 nitrogen and oxygen atoms in total. The Bertz CT molecular complexity index is 1430. The van der Waals surface area contributed by atoms with Crippen molar-refractivity contribution in [1.82, 2.24) is 0 Å². The van der Waals surface area contributed by atoms with Crippen molar-refractivity contribution in [3.63, 3.8) is 0 Å². The van der Waals surface area contributed by atoms with Gasteiger partial charge < -0.3 is 25.0 Å². The van der Waals surface area contributed by atoms with Gasteiger partial charge in [0.05, 0.1) is 0 Å². The summed E-state index contributed by atoms with van der Waals surface area (Å²) in [7, 11) is 0. The van der Waals surface area contributed by atoms with Crippen LogP contribution in [-0.4, -0.2) is 28.7 Å². The Hall–Kier alpha value is -4.52. The normalized spacial score (nSPS) is 11.2. The fourth-order valence-corrected chi connectivity index (χ4v) is 3.82. The smallest absolute Gasteiger partial charge is 0.342 e. The van der Waals surface area contributed by atoms with Gasteiger partial charge in [-0.15, -0.1) is 0 Å². The van der Waals surface area contributed by atoms with Crippen molar-refractivity contribution in [1.29, 1.82) is 0 Å². The van der Waals surface area contributed by atoms with Crippen molar-refractivity contribution < 1.29 is 29.3 Å². The molecule has 190 valence electrons. The number of phenolic OH excluding ortho intramolecular Hbond substituents is 2. The molecule has 0 unspecified atom stereocenters. The number of esters is 1. The Kier molecular flexibility index (Phi) is 7.34.